The van der Waals surface area contributed by atoms with Crippen LogP contribution in [0.4, 0.5) is 0 Å². The molecule has 142 valence electrons. The number of aromatic hydroxyl groups is 2. The van der Waals surface area contributed by atoms with E-state index in [9.17, 15) is 29.7 Å². The Morgan fingerprint density at radius 1 is 1.22 bits per heavy atom. The second kappa shape index (κ2) is 5.54. The number of rotatable bonds is 2. The van der Waals surface area contributed by atoms with Crippen molar-refractivity contribution in [3.63, 3.8) is 0 Å². The van der Waals surface area contributed by atoms with E-state index in [-0.39, 0.29) is 40.9 Å². The minimum atomic E-state index is -1.36. The molecule has 3 unspecified atom stereocenters. The molecule has 4 rings (SSSR count). The topological polar surface area (TPSA) is 140 Å². The van der Waals surface area contributed by atoms with Crippen LogP contribution in [-0.2, 0) is 25.4 Å². The van der Waals surface area contributed by atoms with Gasteiger partial charge in [-0.3, -0.25) is 9.59 Å². The van der Waals surface area contributed by atoms with Gasteiger partial charge in [0.25, 0.3) is 0 Å². The zero-order valence-electron chi connectivity index (χ0n) is 14.4. The van der Waals surface area contributed by atoms with Gasteiger partial charge in [-0.25, -0.2) is 4.79 Å². The van der Waals surface area contributed by atoms with Gasteiger partial charge in [0.1, 0.15) is 11.5 Å². The molecule has 9 heteroatoms. The van der Waals surface area contributed by atoms with E-state index in [0.717, 1.165) is 6.08 Å². The van der Waals surface area contributed by atoms with Gasteiger partial charge in [-0.2, -0.15) is 0 Å². The first-order chi connectivity index (χ1) is 12.7. The third-order valence-corrected chi connectivity index (χ3v) is 5.08. The summed E-state index contributed by atoms with van der Waals surface area (Å²) in [7, 11) is 1.22. The molecule has 3 atom stereocenters. The van der Waals surface area contributed by atoms with Crippen molar-refractivity contribution >= 4 is 17.5 Å². The molecule has 1 aromatic rings. The number of carbonyl (C=O) groups excluding carboxylic acids is 2. The molecule has 0 saturated carbocycles. The Labute approximate surface area is 152 Å². The molecule has 3 N–H and O–H groups in total. The Bertz CT molecular complexity index is 945. The molecule has 9 nitrogen and oxygen atoms in total. The van der Waals surface area contributed by atoms with Crippen LogP contribution in [0.5, 0.6) is 11.5 Å². The second-order valence-electron chi connectivity index (χ2n) is 6.84. The molecule has 2 aliphatic heterocycles. The van der Waals surface area contributed by atoms with E-state index in [1.54, 1.807) is 0 Å². The summed E-state index contributed by atoms with van der Waals surface area (Å²) >= 11 is 0. The molecular weight excluding hydrogens is 360 g/mol. The number of phenols is 2. The van der Waals surface area contributed by atoms with Crippen LogP contribution in [-0.4, -0.2) is 51.9 Å². The van der Waals surface area contributed by atoms with Gasteiger partial charge in [0, 0.05) is 30.0 Å². The van der Waals surface area contributed by atoms with Crippen molar-refractivity contribution in [2.45, 2.75) is 37.8 Å². The third kappa shape index (κ3) is 2.35. The van der Waals surface area contributed by atoms with Gasteiger partial charge in [0.2, 0.25) is 5.78 Å². The van der Waals surface area contributed by atoms with E-state index < -0.39 is 47.0 Å². The lowest BCUT2D eigenvalue weighted by atomic mass is 9.80. The lowest BCUT2D eigenvalue weighted by Gasteiger charge is -2.46. The lowest BCUT2D eigenvalue weighted by Crippen LogP contribution is -2.50. The second-order valence-corrected chi connectivity index (χ2v) is 6.84. The summed E-state index contributed by atoms with van der Waals surface area (Å²) in [4.78, 5) is 36.4. The first-order valence-electron chi connectivity index (χ1n) is 8.20. The fourth-order valence-corrected chi connectivity index (χ4v) is 3.96. The van der Waals surface area contributed by atoms with Crippen LogP contribution in [0.25, 0.3) is 0 Å². The number of aliphatic carboxylic acids is 1. The third-order valence-electron chi connectivity index (χ3n) is 5.08. The Hall–Kier alpha value is -2.91. The number of phenolic OH excluding ortho intramolecular Hbond substituents is 2. The molecule has 1 aliphatic carbocycles. The molecule has 0 spiro atoms. The minimum absolute atomic E-state index is 0.105. The number of ether oxygens (including phenoxy) is 3. The van der Waals surface area contributed by atoms with Gasteiger partial charge < -0.3 is 29.5 Å². The average Bonchev–Trinajstić information content (AvgIpc) is 2.59. The molecular formula is C18H16O9. The van der Waals surface area contributed by atoms with Crippen molar-refractivity contribution in [1.29, 1.82) is 0 Å². The van der Waals surface area contributed by atoms with Crippen molar-refractivity contribution < 1.29 is 43.9 Å². The maximum Gasteiger partial charge on any atom is 0.333 e. The van der Waals surface area contributed by atoms with Gasteiger partial charge in [0.15, 0.2) is 23.4 Å². The van der Waals surface area contributed by atoms with Crippen LogP contribution in [0.15, 0.2) is 11.8 Å². The first kappa shape index (κ1) is 17.5. The van der Waals surface area contributed by atoms with Gasteiger partial charge in [-0.1, -0.05) is 0 Å². The van der Waals surface area contributed by atoms with E-state index in [4.69, 9.17) is 14.2 Å². The summed E-state index contributed by atoms with van der Waals surface area (Å²) in [5, 5.41) is 30.8. The molecule has 0 aromatic heterocycles. The SMILES string of the molecule is COC1=CC(=O)c2c(O)c3c(c(O)c2C1=O)CC1(C)OC(C(=O)O)CC3O1. The fourth-order valence-electron chi connectivity index (χ4n) is 3.96. The lowest BCUT2D eigenvalue weighted by molar-refractivity contribution is -0.314. The zero-order valence-corrected chi connectivity index (χ0v) is 14.4. The molecule has 27 heavy (non-hydrogen) atoms. The van der Waals surface area contributed by atoms with Crippen molar-refractivity contribution in [2.75, 3.05) is 7.11 Å². The van der Waals surface area contributed by atoms with Crippen LogP contribution < -0.4 is 0 Å². The van der Waals surface area contributed by atoms with Crippen molar-refractivity contribution in [2.24, 2.45) is 0 Å². The number of allylic oxidation sites excluding steroid dienone is 2. The van der Waals surface area contributed by atoms with Crippen LogP contribution in [0.2, 0.25) is 0 Å². The first-order valence-corrected chi connectivity index (χ1v) is 8.20. The summed E-state index contributed by atoms with van der Waals surface area (Å²) in [5.74, 6) is -5.18. The number of carbonyl (C=O) groups is 3. The maximum absolute atomic E-state index is 12.6. The largest absolute Gasteiger partial charge is 0.507 e. The standard InChI is InChI=1S/C18H16O9/c1-18-5-6-11(8(26-18)4-10(27-18)17(23)24)16(22)12-7(19)3-9(25-2)15(21)13(12)14(6)20/h3,8,10,20,22H,4-5H2,1-2H3,(H,23,24). The summed E-state index contributed by atoms with van der Waals surface area (Å²) < 4.78 is 16.1. The monoisotopic (exact) mass is 376 g/mol. The summed E-state index contributed by atoms with van der Waals surface area (Å²) in [6.07, 6.45) is -1.38. The number of Topliss-reactive ketones (excluding diaryl/α,β-unsaturated/α-hetero) is 1. The number of carboxylic acids is 1. The predicted molar refractivity (Wildman–Crippen MR) is 86.6 cm³/mol. The Morgan fingerprint density at radius 2 is 1.93 bits per heavy atom. The molecule has 2 bridgehead atoms. The highest BCUT2D eigenvalue weighted by molar-refractivity contribution is 6.26. The predicted octanol–water partition coefficient (Wildman–Crippen LogP) is 1.21. The number of fused-ring (bicyclic) bond motifs is 5. The molecule has 1 fully saturated rings. The molecule has 0 radical (unpaired) electrons. The Balaban J connectivity index is 1.95. The van der Waals surface area contributed by atoms with E-state index >= 15 is 0 Å². The molecule has 1 aromatic carbocycles. The highest BCUT2D eigenvalue weighted by Gasteiger charge is 2.50. The molecule has 0 amide bonds. The number of methoxy groups -OCH3 is 1. The van der Waals surface area contributed by atoms with Crippen LogP contribution in [0, 0.1) is 0 Å². The number of hydrogen-bond acceptors (Lipinski definition) is 8. The summed E-state index contributed by atoms with van der Waals surface area (Å²) in [5.41, 5.74) is -0.391. The fraction of sp³-hybridized carbons (Fsp3) is 0.389. The Morgan fingerprint density at radius 3 is 2.56 bits per heavy atom. The highest BCUT2D eigenvalue weighted by atomic mass is 16.7. The number of ketones is 2. The number of benzene rings is 1. The van der Waals surface area contributed by atoms with Crippen molar-refractivity contribution in [1.82, 2.24) is 0 Å². The van der Waals surface area contributed by atoms with E-state index in [0.29, 0.717) is 0 Å². The van der Waals surface area contributed by atoms with Crippen LogP contribution in [0.1, 0.15) is 51.3 Å². The van der Waals surface area contributed by atoms with E-state index in [1.165, 1.54) is 14.0 Å². The molecule has 1 saturated heterocycles. The van der Waals surface area contributed by atoms with Crippen LogP contribution in [0.3, 0.4) is 0 Å². The quantitative estimate of drug-likeness (QED) is 0.650. The van der Waals surface area contributed by atoms with Gasteiger partial charge in [0.05, 0.1) is 24.3 Å². The number of hydrogen-bond donors (Lipinski definition) is 3. The average molecular weight is 376 g/mol. The van der Waals surface area contributed by atoms with Gasteiger partial charge in [-0.15, -0.1) is 0 Å². The molecule has 2 heterocycles. The van der Waals surface area contributed by atoms with Crippen molar-refractivity contribution in [3.8, 4) is 11.5 Å². The van der Waals surface area contributed by atoms with E-state index in [2.05, 4.69) is 0 Å². The summed E-state index contributed by atoms with van der Waals surface area (Å²) in [6.45, 7) is 1.52. The maximum atomic E-state index is 12.6. The Kier molecular flexibility index (Phi) is 3.59. The smallest absolute Gasteiger partial charge is 0.333 e. The van der Waals surface area contributed by atoms with Crippen LogP contribution >= 0.6 is 0 Å². The highest BCUT2D eigenvalue weighted by Crippen LogP contribution is 2.53. The van der Waals surface area contributed by atoms with Gasteiger partial charge in [-0.05, 0) is 6.92 Å². The normalized spacial score (nSPS) is 28.9. The van der Waals surface area contributed by atoms with Crippen molar-refractivity contribution in [3.05, 3.63) is 34.1 Å². The number of carboxylic acid groups (broad SMARTS) is 1. The van der Waals surface area contributed by atoms with Gasteiger partial charge >= 0.3 is 5.97 Å². The minimum Gasteiger partial charge on any atom is -0.507 e. The van der Waals surface area contributed by atoms with E-state index in [1.807, 2.05) is 0 Å². The summed E-state index contributed by atoms with van der Waals surface area (Å²) in [6, 6.07) is 0. The zero-order chi connectivity index (χ0) is 19.7. The molecule has 3 aliphatic rings.